The van der Waals surface area contributed by atoms with Gasteiger partial charge in [0.15, 0.2) is 0 Å². The molecule has 0 spiro atoms. The van der Waals surface area contributed by atoms with Crippen molar-refractivity contribution in [1.82, 2.24) is 0 Å². The summed E-state index contributed by atoms with van der Waals surface area (Å²) >= 11 is 0. The zero-order chi connectivity index (χ0) is 10.8. The maximum absolute atomic E-state index is 7.59. The van der Waals surface area contributed by atoms with Crippen LogP contribution in [0.1, 0.15) is 24.0 Å². The molecule has 3 heteroatoms. The molecule has 1 saturated heterocycles. The summed E-state index contributed by atoms with van der Waals surface area (Å²) in [5, 5.41) is 7.59. The van der Waals surface area contributed by atoms with Crippen molar-refractivity contribution in [1.29, 1.82) is 5.41 Å². The molecule has 1 aromatic carbocycles. The number of amidine groups is 1. The van der Waals surface area contributed by atoms with Crippen molar-refractivity contribution in [2.45, 2.75) is 19.8 Å². The largest absolute Gasteiger partial charge is 0.384 e. The number of anilines is 1. The summed E-state index contributed by atoms with van der Waals surface area (Å²) in [5.74, 6) is 0.167. The Morgan fingerprint density at radius 1 is 1.33 bits per heavy atom. The van der Waals surface area contributed by atoms with E-state index < -0.39 is 0 Å². The number of para-hydroxylation sites is 1. The van der Waals surface area contributed by atoms with Gasteiger partial charge in [0.1, 0.15) is 5.84 Å². The van der Waals surface area contributed by atoms with E-state index >= 15 is 0 Å². The summed E-state index contributed by atoms with van der Waals surface area (Å²) < 4.78 is 0. The van der Waals surface area contributed by atoms with Crippen molar-refractivity contribution in [2.24, 2.45) is 5.73 Å². The lowest BCUT2D eigenvalue weighted by Gasteiger charge is -2.23. The van der Waals surface area contributed by atoms with Crippen LogP contribution in [0.3, 0.4) is 0 Å². The minimum Gasteiger partial charge on any atom is -0.384 e. The fraction of sp³-hybridized carbons (Fsp3) is 0.417. The van der Waals surface area contributed by atoms with E-state index in [-0.39, 0.29) is 5.84 Å². The molecule has 1 aromatic rings. The molecule has 0 bridgehead atoms. The topological polar surface area (TPSA) is 53.1 Å². The molecule has 0 aromatic heterocycles. The highest BCUT2D eigenvalue weighted by atomic mass is 15.1. The smallest absolute Gasteiger partial charge is 0.124 e. The first kappa shape index (κ1) is 10.0. The summed E-state index contributed by atoms with van der Waals surface area (Å²) in [6.45, 7) is 4.26. The van der Waals surface area contributed by atoms with Crippen molar-refractivity contribution in [3.8, 4) is 0 Å². The van der Waals surface area contributed by atoms with E-state index in [4.69, 9.17) is 11.1 Å². The predicted molar refractivity (Wildman–Crippen MR) is 63.6 cm³/mol. The highest BCUT2D eigenvalue weighted by Crippen LogP contribution is 2.27. The molecule has 3 N–H and O–H groups in total. The molecule has 0 unspecified atom stereocenters. The highest BCUT2D eigenvalue weighted by molar-refractivity contribution is 6.01. The van der Waals surface area contributed by atoms with E-state index in [2.05, 4.69) is 17.9 Å². The molecule has 1 aliphatic rings. The lowest BCUT2D eigenvalue weighted by atomic mass is 10.1. The van der Waals surface area contributed by atoms with Gasteiger partial charge in [0.05, 0.1) is 5.69 Å². The molecule has 0 radical (unpaired) electrons. The average Bonchev–Trinajstić information content (AvgIpc) is 2.70. The van der Waals surface area contributed by atoms with Gasteiger partial charge in [-0.05, 0) is 31.4 Å². The molecular formula is C12H17N3. The van der Waals surface area contributed by atoms with Gasteiger partial charge in [-0.25, -0.2) is 0 Å². The van der Waals surface area contributed by atoms with Crippen molar-refractivity contribution < 1.29 is 0 Å². The lowest BCUT2D eigenvalue weighted by Crippen LogP contribution is -2.24. The number of nitrogens with one attached hydrogen (secondary N) is 1. The fourth-order valence-corrected chi connectivity index (χ4v) is 2.24. The maximum Gasteiger partial charge on any atom is 0.124 e. The van der Waals surface area contributed by atoms with Crippen molar-refractivity contribution in [2.75, 3.05) is 18.0 Å². The standard InChI is InChI=1S/C12H17N3/c1-9-5-4-6-10(12(13)14)11(9)15-7-2-3-8-15/h4-6H,2-3,7-8H2,1H3,(H3,13,14). The fourth-order valence-electron chi connectivity index (χ4n) is 2.24. The zero-order valence-corrected chi connectivity index (χ0v) is 9.09. The predicted octanol–water partition coefficient (Wildman–Crippen LogP) is 1.88. The second-order valence-electron chi connectivity index (χ2n) is 4.08. The van der Waals surface area contributed by atoms with Crippen molar-refractivity contribution in [3.63, 3.8) is 0 Å². The van der Waals surface area contributed by atoms with Crippen LogP contribution >= 0.6 is 0 Å². The Bertz CT molecular complexity index is 378. The Balaban J connectivity index is 2.46. The minimum absolute atomic E-state index is 0.167. The van der Waals surface area contributed by atoms with Crippen LogP contribution in [0.5, 0.6) is 0 Å². The number of rotatable bonds is 2. The molecule has 15 heavy (non-hydrogen) atoms. The quantitative estimate of drug-likeness (QED) is 0.569. The van der Waals surface area contributed by atoms with Gasteiger partial charge in [-0.1, -0.05) is 12.1 Å². The van der Waals surface area contributed by atoms with Crippen molar-refractivity contribution >= 4 is 11.5 Å². The number of aryl methyl sites for hydroxylation is 1. The number of hydrogen-bond donors (Lipinski definition) is 2. The summed E-state index contributed by atoms with van der Waals surface area (Å²) in [6, 6.07) is 5.98. The SMILES string of the molecule is Cc1cccc(C(=N)N)c1N1CCCC1. The van der Waals surface area contributed by atoms with Gasteiger partial charge in [-0.2, -0.15) is 0 Å². The number of benzene rings is 1. The summed E-state index contributed by atoms with van der Waals surface area (Å²) in [5.41, 5.74) is 8.85. The highest BCUT2D eigenvalue weighted by Gasteiger charge is 2.18. The van der Waals surface area contributed by atoms with E-state index in [1.54, 1.807) is 0 Å². The maximum atomic E-state index is 7.59. The molecule has 80 valence electrons. The van der Waals surface area contributed by atoms with E-state index in [0.29, 0.717) is 0 Å². The third-order valence-electron chi connectivity index (χ3n) is 2.95. The summed E-state index contributed by atoms with van der Waals surface area (Å²) in [6.07, 6.45) is 2.48. The molecule has 1 fully saturated rings. The van der Waals surface area contributed by atoms with Gasteiger partial charge in [0.25, 0.3) is 0 Å². The van der Waals surface area contributed by atoms with Crippen LogP contribution in [-0.4, -0.2) is 18.9 Å². The van der Waals surface area contributed by atoms with Crippen LogP contribution in [0.4, 0.5) is 5.69 Å². The van der Waals surface area contributed by atoms with Gasteiger partial charge in [-0.15, -0.1) is 0 Å². The summed E-state index contributed by atoms with van der Waals surface area (Å²) in [7, 11) is 0. The normalized spacial score (nSPS) is 15.7. The van der Waals surface area contributed by atoms with E-state index in [9.17, 15) is 0 Å². The van der Waals surface area contributed by atoms with Gasteiger partial charge in [0.2, 0.25) is 0 Å². The van der Waals surface area contributed by atoms with Crippen molar-refractivity contribution in [3.05, 3.63) is 29.3 Å². The minimum atomic E-state index is 0.167. The molecule has 1 aliphatic heterocycles. The number of hydrogen-bond acceptors (Lipinski definition) is 2. The summed E-state index contributed by atoms with van der Waals surface area (Å²) in [4.78, 5) is 2.34. The lowest BCUT2D eigenvalue weighted by molar-refractivity contribution is 0.949. The van der Waals surface area contributed by atoms with E-state index in [1.165, 1.54) is 18.4 Å². The second-order valence-corrected chi connectivity index (χ2v) is 4.08. The molecule has 3 nitrogen and oxygen atoms in total. The number of nitrogens with zero attached hydrogens (tertiary/aromatic N) is 1. The first-order valence-corrected chi connectivity index (χ1v) is 5.39. The third-order valence-corrected chi connectivity index (χ3v) is 2.95. The molecule has 2 rings (SSSR count). The average molecular weight is 203 g/mol. The monoisotopic (exact) mass is 203 g/mol. The van der Waals surface area contributed by atoms with Crippen LogP contribution in [0.25, 0.3) is 0 Å². The number of nitrogen functional groups attached to an aromatic ring is 1. The molecule has 0 saturated carbocycles. The second kappa shape index (κ2) is 3.93. The number of nitrogens with two attached hydrogens (primary N) is 1. The Morgan fingerprint density at radius 3 is 2.60 bits per heavy atom. The Morgan fingerprint density at radius 2 is 2.00 bits per heavy atom. The molecular weight excluding hydrogens is 186 g/mol. The van der Waals surface area contributed by atoms with Gasteiger partial charge >= 0.3 is 0 Å². The molecule has 0 aliphatic carbocycles. The van der Waals surface area contributed by atoms with Gasteiger partial charge < -0.3 is 10.6 Å². The first-order chi connectivity index (χ1) is 7.20. The Kier molecular flexibility index (Phi) is 2.62. The molecule has 0 atom stereocenters. The van der Waals surface area contributed by atoms with E-state index in [0.717, 1.165) is 24.3 Å². The van der Waals surface area contributed by atoms with Gasteiger partial charge in [-0.3, -0.25) is 5.41 Å². The van der Waals surface area contributed by atoms with E-state index in [1.807, 2.05) is 12.1 Å². The first-order valence-electron chi connectivity index (χ1n) is 5.39. The van der Waals surface area contributed by atoms with Crippen LogP contribution in [0, 0.1) is 12.3 Å². The zero-order valence-electron chi connectivity index (χ0n) is 9.09. The molecule has 0 amide bonds. The van der Waals surface area contributed by atoms with Gasteiger partial charge in [0, 0.05) is 18.7 Å². The third kappa shape index (κ3) is 1.82. The molecule has 1 heterocycles. The Labute approximate surface area is 90.4 Å². The Hall–Kier alpha value is -1.51. The van der Waals surface area contributed by atoms with Crippen LogP contribution < -0.4 is 10.6 Å². The van der Waals surface area contributed by atoms with Crippen LogP contribution in [0.2, 0.25) is 0 Å². The van der Waals surface area contributed by atoms with Crippen LogP contribution in [-0.2, 0) is 0 Å². The van der Waals surface area contributed by atoms with Crippen LogP contribution in [0.15, 0.2) is 18.2 Å².